The molecule has 0 aliphatic heterocycles. The Morgan fingerprint density at radius 1 is 0.833 bits per heavy atom. The summed E-state index contributed by atoms with van der Waals surface area (Å²) in [6.45, 7) is 0.591. The number of halogens is 1. The lowest BCUT2D eigenvalue weighted by molar-refractivity contribution is -0.121. The van der Waals surface area contributed by atoms with Gasteiger partial charge in [0.1, 0.15) is 0 Å². The SMILES string of the molecule is O=C(CC(NC(=O)c1ccccc1Cl)c1ccccc1)NCCCc1ccccc1. The number of hydrogen-bond acceptors (Lipinski definition) is 2. The van der Waals surface area contributed by atoms with E-state index in [0.29, 0.717) is 17.1 Å². The van der Waals surface area contributed by atoms with Gasteiger partial charge in [-0.2, -0.15) is 0 Å². The molecular formula is C25H25ClN2O2. The second-order valence-corrected chi connectivity index (χ2v) is 7.47. The van der Waals surface area contributed by atoms with Gasteiger partial charge in [0.15, 0.2) is 0 Å². The number of rotatable bonds is 9. The first kappa shape index (κ1) is 21.6. The van der Waals surface area contributed by atoms with Gasteiger partial charge in [-0.25, -0.2) is 0 Å². The summed E-state index contributed by atoms with van der Waals surface area (Å²) >= 11 is 6.15. The van der Waals surface area contributed by atoms with E-state index in [1.165, 1.54) is 5.56 Å². The zero-order valence-corrected chi connectivity index (χ0v) is 17.4. The van der Waals surface area contributed by atoms with Crippen LogP contribution in [0, 0.1) is 0 Å². The lowest BCUT2D eigenvalue weighted by atomic mass is 10.0. The fourth-order valence-electron chi connectivity index (χ4n) is 3.24. The second kappa shape index (κ2) is 11.2. The van der Waals surface area contributed by atoms with Crippen LogP contribution in [0.5, 0.6) is 0 Å². The van der Waals surface area contributed by atoms with E-state index in [2.05, 4.69) is 22.8 Å². The van der Waals surface area contributed by atoms with E-state index in [9.17, 15) is 9.59 Å². The summed E-state index contributed by atoms with van der Waals surface area (Å²) in [7, 11) is 0. The minimum absolute atomic E-state index is 0.101. The molecule has 0 aliphatic carbocycles. The predicted octanol–water partition coefficient (Wildman–Crippen LogP) is 4.95. The third-order valence-electron chi connectivity index (χ3n) is 4.82. The van der Waals surface area contributed by atoms with Gasteiger partial charge in [-0.05, 0) is 36.1 Å². The van der Waals surface area contributed by atoms with Crippen LogP contribution in [0.25, 0.3) is 0 Å². The molecule has 0 saturated heterocycles. The minimum Gasteiger partial charge on any atom is -0.356 e. The largest absolute Gasteiger partial charge is 0.356 e. The summed E-state index contributed by atoms with van der Waals surface area (Å²) in [5.41, 5.74) is 2.52. The molecular weight excluding hydrogens is 396 g/mol. The zero-order chi connectivity index (χ0) is 21.2. The minimum atomic E-state index is -0.441. The smallest absolute Gasteiger partial charge is 0.253 e. The van der Waals surface area contributed by atoms with E-state index >= 15 is 0 Å². The molecule has 0 saturated carbocycles. The van der Waals surface area contributed by atoms with Crippen molar-refractivity contribution < 1.29 is 9.59 Å². The standard InChI is InChI=1S/C25H25ClN2O2/c26-22-16-8-7-15-21(22)25(30)28-23(20-13-5-2-6-14-20)18-24(29)27-17-9-12-19-10-3-1-4-11-19/h1-8,10-11,13-16,23H,9,12,17-18H2,(H,27,29)(H,28,30). The summed E-state index contributed by atoms with van der Waals surface area (Å²) in [6, 6.07) is 26.1. The van der Waals surface area contributed by atoms with Crippen LogP contribution in [-0.4, -0.2) is 18.4 Å². The van der Waals surface area contributed by atoms with Gasteiger partial charge in [-0.1, -0.05) is 84.4 Å². The topological polar surface area (TPSA) is 58.2 Å². The molecule has 4 nitrogen and oxygen atoms in total. The van der Waals surface area contributed by atoms with E-state index in [0.717, 1.165) is 18.4 Å². The summed E-state index contributed by atoms with van der Waals surface area (Å²) in [6.07, 6.45) is 1.93. The highest BCUT2D eigenvalue weighted by atomic mass is 35.5. The Morgan fingerprint density at radius 2 is 1.47 bits per heavy atom. The van der Waals surface area contributed by atoms with Crippen LogP contribution in [0.1, 0.15) is 40.4 Å². The van der Waals surface area contributed by atoms with Gasteiger partial charge in [0.2, 0.25) is 5.91 Å². The number of nitrogens with one attached hydrogen (secondary N) is 2. The maximum Gasteiger partial charge on any atom is 0.253 e. The van der Waals surface area contributed by atoms with Crippen LogP contribution >= 0.6 is 11.6 Å². The summed E-state index contributed by atoms with van der Waals surface area (Å²) < 4.78 is 0. The molecule has 3 aromatic carbocycles. The normalized spacial score (nSPS) is 11.5. The highest BCUT2D eigenvalue weighted by Gasteiger charge is 2.20. The first-order valence-corrected chi connectivity index (χ1v) is 10.4. The fraction of sp³-hybridized carbons (Fsp3) is 0.200. The van der Waals surface area contributed by atoms with Crippen LogP contribution in [0.2, 0.25) is 5.02 Å². The Hall–Kier alpha value is -3.11. The third kappa shape index (κ3) is 6.46. The molecule has 1 unspecified atom stereocenters. The highest BCUT2D eigenvalue weighted by molar-refractivity contribution is 6.33. The fourth-order valence-corrected chi connectivity index (χ4v) is 3.46. The molecule has 5 heteroatoms. The molecule has 0 heterocycles. The summed E-state index contributed by atoms with van der Waals surface area (Å²) in [5.74, 6) is -0.400. The molecule has 0 radical (unpaired) electrons. The van der Waals surface area contributed by atoms with Gasteiger partial charge in [0, 0.05) is 6.54 Å². The van der Waals surface area contributed by atoms with Crippen molar-refractivity contribution in [1.82, 2.24) is 10.6 Å². The van der Waals surface area contributed by atoms with Gasteiger partial charge < -0.3 is 10.6 Å². The molecule has 154 valence electrons. The quantitative estimate of drug-likeness (QED) is 0.481. The molecule has 2 N–H and O–H groups in total. The van der Waals surface area contributed by atoms with E-state index in [1.807, 2.05) is 48.5 Å². The van der Waals surface area contributed by atoms with Crippen molar-refractivity contribution in [2.75, 3.05) is 6.54 Å². The van der Waals surface area contributed by atoms with Crippen molar-refractivity contribution in [1.29, 1.82) is 0 Å². The molecule has 3 rings (SSSR count). The monoisotopic (exact) mass is 420 g/mol. The zero-order valence-electron chi connectivity index (χ0n) is 16.7. The van der Waals surface area contributed by atoms with Crippen molar-refractivity contribution in [3.8, 4) is 0 Å². The van der Waals surface area contributed by atoms with Gasteiger partial charge in [0.05, 0.1) is 23.0 Å². The molecule has 0 fully saturated rings. The van der Waals surface area contributed by atoms with Crippen molar-refractivity contribution in [3.63, 3.8) is 0 Å². The molecule has 2 amide bonds. The molecule has 0 bridgehead atoms. The van der Waals surface area contributed by atoms with Crippen LogP contribution in [0.4, 0.5) is 0 Å². The van der Waals surface area contributed by atoms with Crippen LogP contribution in [0.15, 0.2) is 84.9 Å². The maximum absolute atomic E-state index is 12.7. The average Bonchev–Trinajstić information content (AvgIpc) is 2.78. The number of carbonyl (C=O) groups is 2. The maximum atomic E-state index is 12.7. The number of hydrogen-bond donors (Lipinski definition) is 2. The first-order chi connectivity index (χ1) is 14.6. The Bertz CT molecular complexity index is 961. The number of carbonyl (C=O) groups excluding carboxylic acids is 2. The Morgan fingerprint density at radius 3 is 2.17 bits per heavy atom. The lowest BCUT2D eigenvalue weighted by Crippen LogP contribution is -2.34. The number of aryl methyl sites for hydroxylation is 1. The Kier molecular flexibility index (Phi) is 8.04. The van der Waals surface area contributed by atoms with Crippen molar-refractivity contribution in [3.05, 3.63) is 107 Å². The van der Waals surface area contributed by atoms with E-state index in [4.69, 9.17) is 11.6 Å². The lowest BCUT2D eigenvalue weighted by Gasteiger charge is -2.19. The third-order valence-corrected chi connectivity index (χ3v) is 5.15. The van der Waals surface area contributed by atoms with E-state index in [1.54, 1.807) is 24.3 Å². The number of benzene rings is 3. The van der Waals surface area contributed by atoms with Crippen LogP contribution < -0.4 is 10.6 Å². The highest BCUT2D eigenvalue weighted by Crippen LogP contribution is 2.20. The molecule has 30 heavy (non-hydrogen) atoms. The van der Waals surface area contributed by atoms with E-state index in [-0.39, 0.29) is 18.2 Å². The molecule has 0 aliphatic rings. The predicted molar refractivity (Wildman–Crippen MR) is 120 cm³/mol. The summed E-state index contributed by atoms with van der Waals surface area (Å²) in [5, 5.41) is 6.30. The number of amides is 2. The Labute approximate surface area is 182 Å². The molecule has 0 aromatic heterocycles. The van der Waals surface area contributed by atoms with Crippen molar-refractivity contribution in [2.45, 2.75) is 25.3 Å². The first-order valence-electron chi connectivity index (χ1n) is 10.0. The van der Waals surface area contributed by atoms with Crippen LogP contribution in [0.3, 0.4) is 0 Å². The van der Waals surface area contributed by atoms with Crippen molar-refractivity contribution in [2.24, 2.45) is 0 Å². The second-order valence-electron chi connectivity index (χ2n) is 7.06. The van der Waals surface area contributed by atoms with Gasteiger partial charge in [-0.15, -0.1) is 0 Å². The molecule has 1 atom stereocenters. The van der Waals surface area contributed by atoms with Crippen LogP contribution in [-0.2, 0) is 11.2 Å². The van der Waals surface area contributed by atoms with Gasteiger partial charge in [-0.3, -0.25) is 9.59 Å². The molecule has 0 spiro atoms. The average molecular weight is 421 g/mol. The Balaban J connectivity index is 1.58. The summed E-state index contributed by atoms with van der Waals surface area (Å²) in [4.78, 5) is 25.3. The van der Waals surface area contributed by atoms with Crippen molar-refractivity contribution >= 4 is 23.4 Å². The molecule has 3 aromatic rings. The van der Waals surface area contributed by atoms with Gasteiger partial charge in [0.25, 0.3) is 5.91 Å². The van der Waals surface area contributed by atoms with E-state index < -0.39 is 6.04 Å². The van der Waals surface area contributed by atoms with Gasteiger partial charge >= 0.3 is 0 Å².